The van der Waals surface area contributed by atoms with Crippen molar-refractivity contribution in [3.8, 4) is 0 Å². The third-order valence-electron chi connectivity index (χ3n) is 9.33. The van der Waals surface area contributed by atoms with Crippen molar-refractivity contribution in [1.82, 2.24) is 24.8 Å². The number of piperidine rings is 2. The maximum absolute atomic E-state index is 11.5. The number of anilines is 4. The third-order valence-corrected chi connectivity index (χ3v) is 10.2. The summed E-state index contributed by atoms with van der Waals surface area (Å²) in [4.78, 5) is 18.9. The van der Waals surface area contributed by atoms with Crippen LogP contribution in [0.5, 0.6) is 0 Å². The van der Waals surface area contributed by atoms with E-state index < -0.39 is 10.1 Å². The molecule has 1 aromatic carbocycles. The summed E-state index contributed by atoms with van der Waals surface area (Å²) >= 11 is 0. The van der Waals surface area contributed by atoms with Gasteiger partial charge in [0, 0.05) is 39.9 Å². The van der Waals surface area contributed by atoms with Gasteiger partial charge in [0.1, 0.15) is 0 Å². The van der Waals surface area contributed by atoms with Crippen molar-refractivity contribution in [1.29, 1.82) is 0 Å². The molecule has 2 saturated heterocycles. The molecule has 4 rings (SSSR count). The van der Waals surface area contributed by atoms with Crippen LogP contribution in [0.1, 0.15) is 81.1 Å². The number of likely N-dealkylation sites (tertiary alicyclic amines) is 2. The molecule has 0 unspecified atom stereocenters. The molecule has 0 bridgehead atoms. The van der Waals surface area contributed by atoms with Gasteiger partial charge in [-0.15, -0.1) is 0 Å². The SMILES string of the molecule is CN1C(C)(C)CC(Nc2nc(Nc3ccc(S(=O)(=O)O)cc3)nc(NC3CC(C)(C)N(C)C(C)(C)C3)n2)CC1(C)C. The summed E-state index contributed by atoms with van der Waals surface area (Å²) in [6, 6.07) is 6.13. The van der Waals surface area contributed by atoms with E-state index in [1.165, 1.54) is 12.1 Å². The zero-order valence-electron chi connectivity index (χ0n) is 26.2. The molecule has 41 heavy (non-hydrogen) atoms. The van der Waals surface area contributed by atoms with Gasteiger partial charge in [-0.1, -0.05) is 0 Å². The minimum Gasteiger partial charge on any atom is -0.351 e. The van der Waals surface area contributed by atoms with Crippen LogP contribution >= 0.6 is 0 Å². The van der Waals surface area contributed by atoms with Gasteiger partial charge in [-0.2, -0.15) is 23.4 Å². The zero-order chi connectivity index (χ0) is 30.6. The van der Waals surface area contributed by atoms with Crippen LogP contribution in [-0.4, -0.2) is 86.1 Å². The van der Waals surface area contributed by atoms with Gasteiger partial charge in [-0.25, -0.2) is 0 Å². The van der Waals surface area contributed by atoms with Gasteiger partial charge in [0.05, 0.1) is 4.90 Å². The van der Waals surface area contributed by atoms with E-state index in [-0.39, 0.29) is 39.1 Å². The van der Waals surface area contributed by atoms with Gasteiger partial charge in [0.15, 0.2) is 0 Å². The molecule has 1 aromatic heterocycles. The summed E-state index contributed by atoms with van der Waals surface area (Å²) < 4.78 is 32.3. The maximum Gasteiger partial charge on any atom is 0.294 e. The van der Waals surface area contributed by atoms with Gasteiger partial charge < -0.3 is 16.0 Å². The highest BCUT2D eigenvalue weighted by Gasteiger charge is 2.44. The number of hydrogen-bond acceptors (Lipinski definition) is 10. The largest absolute Gasteiger partial charge is 0.351 e. The van der Waals surface area contributed by atoms with Crippen LogP contribution in [0.2, 0.25) is 0 Å². The van der Waals surface area contributed by atoms with E-state index in [0.29, 0.717) is 23.5 Å². The highest BCUT2D eigenvalue weighted by molar-refractivity contribution is 7.85. The molecule has 0 saturated carbocycles. The number of rotatable bonds is 7. The lowest BCUT2D eigenvalue weighted by atomic mass is 9.77. The van der Waals surface area contributed by atoms with E-state index >= 15 is 0 Å². The number of nitrogens with one attached hydrogen (secondary N) is 3. The molecule has 3 heterocycles. The first-order valence-electron chi connectivity index (χ1n) is 14.3. The summed E-state index contributed by atoms with van der Waals surface area (Å²) in [5.41, 5.74) is 0.566. The summed E-state index contributed by atoms with van der Waals surface area (Å²) in [6.07, 6.45) is 3.72. The molecule has 0 spiro atoms. The highest BCUT2D eigenvalue weighted by atomic mass is 32.2. The van der Waals surface area contributed by atoms with Crippen LogP contribution in [-0.2, 0) is 10.1 Å². The fourth-order valence-electron chi connectivity index (χ4n) is 6.71. The first-order valence-corrected chi connectivity index (χ1v) is 15.7. The molecular weight excluding hydrogens is 540 g/mol. The van der Waals surface area contributed by atoms with Crippen molar-refractivity contribution >= 4 is 33.7 Å². The van der Waals surface area contributed by atoms with Crippen LogP contribution < -0.4 is 16.0 Å². The summed E-state index contributed by atoms with van der Waals surface area (Å²) in [6.45, 7) is 18.1. The molecule has 2 aliphatic heterocycles. The highest BCUT2D eigenvalue weighted by Crippen LogP contribution is 2.39. The normalized spacial score (nSPS) is 23.2. The van der Waals surface area contributed by atoms with Crippen LogP contribution in [0.25, 0.3) is 0 Å². The molecule has 4 N–H and O–H groups in total. The molecule has 0 atom stereocenters. The Bertz CT molecular complexity index is 1260. The second kappa shape index (κ2) is 10.6. The first-order chi connectivity index (χ1) is 18.7. The Labute approximate surface area is 245 Å². The smallest absolute Gasteiger partial charge is 0.294 e. The Morgan fingerprint density at radius 1 is 0.683 bits per heavy atom. The fraction of sp³-hybridized carbons (Fsp3) is 0.690. The minimum absolute atomic E-state index is 0.00527. The lowest BCUT2D eigenvalue weighted by Gasteiger charge is -2.53. The van der Waals surface area contributed by atoms with E-state index in [2.05, 4.69) is 95.2 Å². The van der Waals surface area contributed by atoms with Gasteiger partial charge in [-0.3, -0.25) is 14.4 Å². The molecular formula is C29H48N8O3S. The average molecular weight is 589 g/mol. The molecule has 228 valence electrons. The summed E-state index contributed by atoms with van der Waals surface area (Å²) in [5.74, 6) is 1.29. The minimum atomic E-state index is -4.28. The zero-order valence-corrected chi connectivity index (χ0v) is 27.0. The van der Waals surface area contributed by atoms with Gasteiger partial charge in [0.2, 0.25) is 17.8 Å². The van der Waals surface area contributed by atoms with E-state index in [0.717, 1.165) is 25.7 Å². The Kier molecular flexibility index (Phi) is 8.14. The van der Waals surface area contributed by atoms with E-state index in [1.807, 2.05) is 0 Å². The van der Waals surface area contributed by atoms with Crippen molar-refractivity contribution < 1.29 is 13.0 Å². The van der Waals surface area contributed by atoms with Gasteiger partial charge in [-0.05, 0) is 119 Å². The quantitative estimate of drug-likeness (QED) is 0.326. The van der Waals surface area contributed by atoms with Crippen molar-refractivity contribution in [3.05, 3.63) is 24.3 Å². The fourth-order valence-corrected chi connectivity index (χ4v) is 7.19. The predicted octanol–water partition coefficient (Wildman–Crippen LogP) is 4.99. The lowest BCUT2D eigenvalue weighted by molar-refractivity contribution is -0.00791. The molecule has 2 aromatic rings. The monoisotopic (exact) mass is 588 g/mol. The van der Waals surface area contributed by atoms with Gasteiger partial charge in [0.25, 0.3) is 10.1 Å². The molecule has 0 aliphatic carbocycles. The van der Waals surface area contributed by atoms with Crippen molar-refractivity contribution in [2.45, 2.75) is 120 Å². The van der Waals surface area contributed by atoms with Crippen molar-refractivity contribution in [3.63, 3.8) is 0 Å². The number of benzene rings is 1. The Morgan fingerprint density at radius 2 is 1.02 bits per heavy atom. The van der Waals surface area contributed by atoms with Crippen molar-refractivity contribution in [2.75, 3.05) is 30.0 Å². The van der Waals surface area contributed by atoms with Crippen LogP contribution in [0.4, 0.5) is 23.5 Å². The van der Waals surface area contributed by atoms with Crippen LogP contribution in [0, 0.1) is 0 Å². The van der Waals surface area contributed by atoms with Crippen molar-refractivity contribution in [2.24, 2.45) is 0 Å². The second-order valence-electron chi connectivity index (χ2n) is 14.3. The molecule has 0 radical (unpaired) electrons. The summed E-state index contributed by atoms with van der Waals surface area (Å²) in [5, 5.41) is 10.4. The standard InChI is InChI=1S/C29H48N8O3S/c1-26(2)15-20(16-27(3,4)36(26)9)31-24-33-23(30-19-11-13-22(14-12-19)41(38,39)40)34-25(35-24)32-21-17-28(5,6)37(10)29(7,8)18-21/h11-14,20-21H,15-18H2,1-10H3,(H,38,39,40)(H3,30,31,32,33,34,35). The lowest BCUT2D eigenvalue weighted by Crippen LogP contribution is -2.61. The van der Waals surface area contributed by atoms with Gasteiger partial charge >= 0.3 is 0 Å². The summed E-state index contributed by atoms with van der Waals surface area (Å²) in [7, 11) is 0.0825. The topological polar surface area (TPSA) is 136 Å². The molecule has 11 nitrogen and oxygen atoms in total. The van der Waals surface area contributed by atoms with Crippen LogP contribution in [0.3, 0.4) is 0 Å². The number of nitrogens with zero attached hydrogens (tertiary/aromatic N) is 5. The molecule has 0 amide bonds. The number of hydrogen-bond donors (Lipinski definition) is 4. The predicted molar refractivity (Wildman–Crippen MR) is 164 cm³/mol. The average Bonchev–Trinajstić information content (AvgIpc) is 2.80. The molecule has 2 fully saturated rings. The first kappa shape index (κ1) is 31.4. The number of aromatic nitrogens is 3. The third kappa shape index (κ3) is 7.10. The Morgan fingerprint density at radius 3 is 1.37 bits per heavy atom. The van der Waals surface area contributed by atoms with E-state index in [1.54, 1.807) is 12.1 Å². The molecule has 2 aliphatic rings. The van der Waals surface area contributed by atoms with E-state index in [4.69, 9.17) is 15.0 Å². The Balaban J connectivity index is 1.64. The van der Waals surface area contributed by atoms with E-state index in [9.17, 15) is 13.0 Å². The van der Waals surface area contributed by atoms with Crippen LogP contribution in [0.15, 0.2) is 29.2 Å². The second-order valence-corrected chi connectivity index (χ2v) is 15.7. The maximum atomic E-state index is 11.5. The Hall–Kier alpha value is -2.54. The molecule has 12 heteroatoms.